The first-order chi connectivity index (χ1) is 8.02. The molecule has 96 valence electrons. The SMILES string of the molecule is NC1CCCC1C(=O)NC1(CC(=O)O)CCC1. The van der Waals surface area contributed by atoms with Gasteiger partial charge in [0.1, 0.15) is 0 Å². The highest BCUT2D eigenvalue weighted by Crippen LogP contribution is 2.36. The first-order valence-electron chi connectivity index (χ1n) is 6.32. The number of carbonyl (C=O) groups is 2. The molecule has 0 spiro atoms. The van der Waals surface area contributed by atoms with E-state index < -0.39 is 11.5 Å². The van der Waals surface area contributed by atoms with Crippen LogP contribution in [-0.4, -0.2) is 28.6 Å². The minimum Gasteiger partial charge on any atom is -0.481 e. The van der Waals surface area contributed by atoms with Crippen LogP contribution in [0.3, 0.4) is 0 Å². The number of carbonyl (C=O) groups excluding carboxylic acids is 1. The molecule has 2 saturated carbocycles. The van der Waals surface area contributed by atoms with E-state index in [1.807, 2.05) is 0 Å². The third kappa shape index (κ3) is 2.60. The summed E-state index contributed by atoms with van der Waals surface area (Å²) < 4.78 is 0. The molecule has 2 rings (SSSR count). The fourth-order valence-electron chi connectivity index (χ4n) is 2.91. The molecule has 4 N–H and O–H groups in total. The molecule has 0 saturated heterocycles. The second-order valence-corrected chi connectivity index (χ2v) is 5.39. The summed E-state index contributed by atoms with van der Waals surface area (Å²) in [4.78, 5) is 22.9. The molecule has 2 aliphatic rings. The Balaban J connectivity index is 1.94. The van der Waals surface area contributed by atoms with Crippen LogP contribution in [0.2, 0.25) is 0 Å². The second kappa shape index (κ2) is 4.64. The summed E-state index contributed by atoms with van der Waals surface area (Å²) in [5.74, 6) is -1.02. The molecule has 5 nitrogen and oxygen atoms in total. The van der Waals surface area contributed by atoms with E-state index in [1.165, 1.54) is 0 Å². The minimum atomic E-state index is -0.847. The molecule has 2 atom stereocenters. The Hall–Kier alpha value is -1.10. The predicted molar refractivity (Wildman–Crippen MR) is 62.3 cm³/mol. The number of hydrogen-bond acceptors (Lipinski definition) is 3. The van der Waals surface area contributed by atoms with Gasteiger partial charge < -0.3 is 16.2 Å². The Kier molecular flexibility index (Phi) is 3.38. The Morgan fingerprint density at radius 1 is 1.29 bits per heavy atom. The summed E-state index contributed by atoms with van der Waals surface area (Å²) in [5.41, 5.74) is 5.39. The summed E-state index contributed by atoms with van der Waals surface area (Å²) in [6, 6.07) is -0.0584. The van der Waals surface area contributed by atoms with Gasteiger partial charge in [0, 0.05) is 6.04 Å². The van der Waals surface area contributed by atoms with Gasteiger partial charge in [0.05, 0.1) is 17.9 Å². The smallest absolute Gasteiger partial charge is 0.305 e. The Morgan fingerprint density at radius 2 is 2.00 bits per heavy atom. The van der Waals surface area contributed by atoms with E-state index >= 15 is 0 Å². The number of carboxylic acid groups (broad SMARTS) is 1. The molecule has 0 aromatic heterocycles. The number of hydrogen-bond donors (Lipinski definition) is 3. The number of nitrogens with one attached hydrogen (secondary N) is 1. The molecule has 0 radical (unpaired) electrons. The van der Waals surface area contributed by atoms with E-state index in [-0.39, 0.29) is 24.3 Å². The van der Waals surface area contributed by atoms with Gasteiger partial charge >= 0.3 is 5.97 Å². The van der Waals surface area contributed by atoms with Crippen LogP contribution in [0.1, 0.15) is 44.9 Å². The summed E-state index contributed by atoms with van der Waals surface area (Å²) >= 11 is 0. The van der Waals surface area contributed by atoms with Crippen molar-refractivity contribution >= 4 is 11.9 Å². The lowest BCUT2D eigenvalue weighted by Gasteiger charge is -2.42. The van der Waals surface area contributed by atoms with Crippen molar-refractivity contribution in [1.82, 2.24) is 5.32 Å². The van der Waals surface area contributed by atoms with Gasteiger partial charge in [0.25, 0.3) is 0 Å². The lowest BCUT2D eigenvalue weighted by atomic mass is 9.74. The van der Waals surface area contributed by atoms with Crippen molar-refractivity contribution in [2.75, 3.05) is 0 Å². The molecule has 2 aliphatic carbocycles. The van der Waals surface area contributed by atoms with Crippen LogP contribution in [0.4, 0.5) is 0 Å². The standard InChI is InChI=1S/C12H20N2O3/c13-9-4-1-3-8(9)11(17)14-12(5-2-6-12)7-10(15)16/h8-9H,1-7,13H2,(H,14,17)(H,15,16). The minimum absolute atomic E-state index is 0.0285. The van der Waals surface area contributed by atoms with Gasteiger partial charge in [0.2, 0.25) is 5.91 Å². The summed E-state index contributed by atoms with van der Waals surface area (Å²) in [6.45, 7) is 0. The summed E-state index contributed by atoms with van der Waals surface area (Å²) in [7, 11) is 0. The molecular formula is C12H20N2O3. The fourth-order valence-corrected chi connectivity index (χ4v) is 2.91. The third-order valence-corrected chi connectivity index (χ3v) is 4.09. The van der Waals surface area contributed by atoms with E-state index in [1.54, 1.807) is 0 Å². The Bertz CT molecular complexity index is 326. The highest BCUT2D eigenvalue weighted by molar-refractivity contribution is 5.81. The number of carboxylic acids is 1. The van der Waals surface area contributed by atoms with Gasteiger partial charge in [-0.1, -0.05) is 6.42 Å². The van der Waals surface area contributed by atoms with Gasteiger partial charge in [-0.05, 0) is 32.1 Å². The average Bonchev–Trinajstić information content (AvgIpc) is 2.60. The summed E-state index contributed by atoms with van der Waals surface area (Å²) in [5, 5.41) is 11.8. The van der Waals surface area contributed by atoms with Gasteiger partial charge in [-0.3, -0.25) is 9.59 Å². The van der Waals surface area contributed by atoms with E-state index in [2.05, 4.69) is 5.32 Å². The topological polar surface area (TPSA) is 92.4 Å². The van der Waals surface area contributed by atoms with Crippen molar-refractivity contribution in [2.45, 2.75) is 56.5 Å². The van der Waals surface area contributed by atoms with E-state index in [0.29, 0.717) is 0 Å². The molecule has 17 heavy (non-hydrogen) atoms. The van der Waals surface area contributed by atoms with E-state index in [9.17, 15) is 9.59 Å². The maximum atomic E-state index is 12.1. The lowest BCUT2D eigenvalue weighted by molar-refractivity contribution is -0.140. The molecule has 0 aliphatic heterocycles. The van der Waals surface area contributed by atoms with Gasteiger partial charge in [-0.25, -0.2) is 0 Å². The number of amides is 1. The number of rotatable bonds is 4. The van der Waals surface area contributed by atoms with Gasteiger partial charge in [-0.2, -0.15) is 0 Å². The van der Waals surface area contributed by atoms with Crippen LogP contribution in [0.25, 0.3) is 0 Å². The summed E-state index contributed by atoms with van der Waals surface area (Å²) in [6.07, 6.45) is 5.27. The monoisotopic (exact) mass is 240 g/mol. The Morgan fingerprint density at radius 3 is 2.41 bits per heavy atom. The quantitative estimate of drug-likeness (QED) is 0.672. The normalized spacial score (nSPS) is 30.6. The maximum absolute atomic E-state index is 12.1. The first kappa shape index (κ1) is 12.4. The highest BCUT2D eigenvalue weighted by atomic mass is 16.4. The van der Waals surface area contributed by atoms with Crippen molar-refractivity contribution in [1.29, 1.82) is 0 Å². The van der Waals surface area contributed by atoms with Crippen molar-refractivity contribution in [3.8, 4) is 0 Å². The average molecular weight is 240 g/mol. The van der Waals surface area contributed by atoms with E-state index in [0.717, 1.165) is 38.5 Å². The molecule has 0 heterocycles. The molecule has 2 fully saturated rings. The van der Waals surface area contributed by atoms with Crippen LogP contribution in [0, 0.1) is 5.92 Å². The van der Waals surface area contributed by atoms with Crippen LogP contribution >= 0.6 is 0 Å². The third-order valence-electron chi connectivity index (χ3n) is 4.09. The molecule has 0 bridgehead atoms. The molecule has 0 aromatic carbocycles. The zero-order valence-electron chi connectivity index (χ0n) is 9.95. The largest absolute Gasteiger partial charge is 0.481 e. The molecule has 0 aromatic rings. The first-order valence-corrected chi connectivity index (χ1v) is 6.32. The van der Waals surface area contributed by atoms with Crippen molar-refractivity contribution in [3.05, 3.63) is 0 Å². The maximum Gasteiger partial charge on any atom is 0.305 e. The van der Waals surface area contributed by atoms with Gasteiger partial charge in [0.15, 0.2) is 0 Å². The zero-order chi connectivity index (χ0) is 12.5. The predicted octanol–water partition coefficient (Wildman–Crippen LogP) is 0.627. The number of nitrogens with two attached hydrogens (primary N) is 1. The van der Waals surface area contributed by atoms with Crippen molar-refractivity contribution in [3.63, 3.8) is 0 Å². The van der Waals surface area contributed by atoms with E-state index in [4.69, 9.17) is 10.8 Å². The van der Waals surface area contributed by atoms with Crippen LogP contribution < -0.4 is 11.1 Å². The molecule has 2 unspecified atom stereocenters. The second-order valence-electron chi connectivity index (χ2n) is 5.39. The molecular weight excluding hydrogens is 220 g/mol. The molecule has 1 amide bonds. The Labute approximate surface area is 101 Å². The number of aliphatic carboxylic acids is 1. The van der Waals surface area contributed by atoms with Crippen molar-refractivity contribution in [2.24, 2.45) is 11.7 Å². The van der Waals surface area contributed by atoms with Gasteiger partial charge in [-0.15, -0.1) is 0 Å². The van der Waals surface area contributed by atoms with Crippen LogP contribution in [0.15, 0.2) is 0 Å². The van der Waals surface area contributed by atoms with Crippen LogP contribution in [-0.2, 0) is 9.59 Å². The highest BCUT2D eigenvalue weighted by Gasteiger charge is 2.42. The van der Waals surface area contributed by atoms with Crippen LogP contribution in [0.5, 0.6) is 0 Å². The van der Waals surface area contributed by atoms with Crippen molar-refractivity contribution < 1.29 is 14.7 Å². The fraction of sp³-hybridized carbons (Fsp3) is 0.833. The lowest BCUT2D eigenvalue weighted by Crippen LogP contribution is -2.57. The molecule has 5 heteroatoms. The zero-order valence-corrected chi connectivity index (χ0v) is 9.95.